The van der Waals surface area contributed by atoms with Gasteiger partial charge in [0.15, 0.2) is 0 Å². The van der Waals surface area contributed by atoms with Crippen LogP contribution in [0.1, 0.15) is 15.9 Å². The maximum absolute atomic E-state index is 12.7. The van der Waals surface area contributed by atoms with Gasteiger partial charge in [0.2, 0.25) is 5.56 Å². The molecule has 0 aliphatic carbocycles. The van der Waals surface area contributed by atoms with Gasteiger partial charge in [-0.25, -0.2) is 4.79 Å². The van der Waals surface area contributed by atoms with E-state index in [2.05, 4.69) is 10.3 Å². The van der Waals surface area contributed by atoms with Crippen LogP contribution in [-0.2, 0) is 6.18 Å². The van der Waals surface area contributed by atoms with Gasteiger partial charge in [-0.3, -0.25) is 4.79 Å². The van der Waals surface area contributed by atoms with Crippen molar-refractivity contribution in [1.82, 2.24) is 4.98 Å². The number of pyridine rings is 1. The molecule has 0 amide bonds. The first-order valence-corrected chi connectivity index (χ1v) is 5.82. The van der Waals surface area contributed by atoms with E-state index < -0.39 is 29.0 Å². The van der Waals surface area contributed by atoms with Crippen LogP contribution in [0, 0.1) is 0 Å². The monoisotopic (exact) mass is 314 g/mol. The van der Waals surface area contributed by atoms with E-state index in [4.69, 9.17) is 5.11 Å². The molecule has 0 aliphatic heterocycles. The summed E-state index contributed by atoms with van der Waals surface area (Å²) in [6, 6.07) is 4.15. The molecule has 0 atom stereocenters. The van der Waals surface area contributed by atoms with Crippen molar-refractivity contribution in [2.75, 3.05) is 5.32 Å². The second-order valence-corrected chi connectivity index (χ2v) is 4.31. The summed E-state index contributed by atoms with van der Waals surface area (Å²) in [5, 5.41) is 20.7. The fourth-order valence-corrected chi connectivity index (χ4v) is 1.74. The molecule has 1 heterocycles. The number of benzene rings is 1. The van der Waals surface area contributed by atoms with Crippen LogP contribution >= 0.6 is 0 Å². The highest BCUT2D eigenvalue weighted by Gasteiger charge is 2.31. The minimum absolute atomic E-state index is 0.225. The molecule has 1 aromatic carbocycles. The number of aromatic carboxylic acids is 1. The van der Waals surface area contributed by atoms with Crippen LogP contribution in [-0.4, -0.2) is 21.2 Å². The third-order valence-corrected chi connectivity index (χ3v) is 2.66. The van der Waals surface area contributed by atoms with Gasteiger partial charge in [0.1, 0.15) is 17.1 Å². The van der Waals surface area contributed by atoms with E-state index in [1.165, 1.54) is 0 Å². The van der Waals surface area contributed by atoms with E-state index in [9.17, 15) is 27.9 Å². The number of hydrogen-bond acceptors (Lipinski definition) is 4. The predicted octanol–water partition coefficient (Wildman–Crippen LogP) is 2.54. The van der Waals surface area contributed by atoms with Crippen LogP contribution in [0.3, 0.4) is 0 Å². The zero-order valence-electron chi connectivity index (χ0n) is 10.7. The Hall–Kier alpha value is -2.97. The number of rotatable bonds is 3. The van der Waals surface area contributed by atoms with Crippen molar-refractivity contribution in [3.05, 3.63) is 51.8 Å². The molecule has 6 nitrogen and oxygen atoms in total. The summed E-state index contributed by atoms with van der Waals surface area (Å²) in [5.41, 5.74) is -2.32. The van der Waals surface area contributed by atoms with Gasteiger partial charge in [-0.2, -0.15) is 13.2 Å². The van der Waals surface area contributed by atoms with Gasteiger partial charge in [0.05, 0.1) is 5.56 Å². The number of carbonyl (C=O) groups is 1. The standard InChI is InChI=1S/C13H9F3N2O4/c14-13(15,16)6-3-7(5-8(19)4-6)17-11-9(12(21)22)1-2-10(20)18-11/h1-5,19H,(H,21,22)(H2,17,18,20). The molecule has 4 N–H and O–H groups in total. The molecule has 0 spiro atoms. The third-order valence-electron chi connectivity index (χ3n) is 2.66. The fraction of sp³-hybridized carbons (Fsp3) is 0.0769. The Labute approximate surface area is 120 Å². The highest BCUT2D eigenvalue weighted by atomic mass is 19.4. The molecule has 0 saturated heterocycles. The predicted molar refractivity (Wildman–Crippen MR) is 70.4 cm³/mol. The zero-order valence-corrected chi connectivity index (χ0v) is 10.7. The van der Waals surface area contributed by atoms with Crippen molar-refractivity contribution in [2.24, 2.45) is 0 Å². The molecule has 0 unspecified atom stereocenters. The van der Waals surface area contributed by atoms with Crippen LogP contribution in [0.5, 0.6) is 5.75 Å². The Kier molecular flexibility index (Phi) is 3.81. The second kappa shape index (κ2) is 5.43. The molecule has 22 heavy (non-hydrogen) atoms. The summed E-state index contributed by atoms with van der Waals surface area (Å²) in [7, 11) is 0. The molecule has 0 saturated carbocycles. The molecule has 116 valence electrons. The number of alkyl halides is 3. The number of phenols is 1. The number of halogens is 3. The number of carboxylic acids is 1. The Morgan fingerprint density at radius 1 is 1.18 bits per heavy atom. The number of hydrogen-bond donors (Lipinski definition) is 4. The summed E-state index contributed by atoms with van der Waals surface area (Å²) in [6.45, 7) is 0. The Bertz CT molecular complexity index is 784. The van der Waals surface area contributed by atoms with E-state index >= 15 is 0 Å². The van der Waals surface area contributed by atoms with Gasteiger partial charge in [0.25, 0.3) is 0 Å². The van der Waals surface area contributed by atoms with Gasteiger partial charge in [-0.1, -0.05) is 0 Å². The van der Waals surface area contributed by atoms with Crippen molar-refractivity contribution in [3.8, 4) is 5.75 Å². The first-order valence-electron chi connectivity index (χ1n) is 5.82. The number of anilines is 2. The summed E-state index contributed by atoms with van der Waals surface area (Å²) in [4.78, 5) is 24.4. The van der Waals surface area contributed by atoms with Crippen molar-refractivity contribution in [3.63, 3.8) is 0 Å². The average Bonchev–Trinajstić information content (AvgIpc) is 2.36. The Balaban J connectivity index is 2.48. The maximum atomic E-state index is 12.7. The van der Waals surface area contributed by atoms with Gasteiger partial charge in [-0.05, 0) is 18.2 Å². The molecule has 0 radical (unpaired) electrons. The lowest BCUT2D eigenvalue weighted by Gasteiger charge is -2.12. The van der Waals surface area contributed by atoms with E-state index in [-0.39, 0.29) is 17.1 Å². The second-order valence-electron chi connectivity index (χ2n) is 4.31. The SMILES string of the molecule is O=C(O)c1ccc(=O)[nH]c1Nc1cc(O)cc(C(F)(F)F)c1. The van der Waals surface area contributed by atoms with Crippen molar-refractivity contribution in [2.45, 2.75) is 6.18 Å². The minimum atomic E-state index is -4.69. The van der Waals surface area contributed by atoms with Gasteiger partial charge < -0.3 is 20.5 Å². The molecule has 1 aromatic heterocycles. The minimum Gasteiger partial charge on any atom is -0.508 e. The quantitative estimate of drug-likeness (QED) is 0.697. The first-order chi connectivity index (χ1) is 10.2. The van der Waals surface area contributed by atoms with Gasteiger partial charge in [0, 0.05) is 17.8 Å². The Morgan fingerprint density at radius 3 is 2.45 bits per heavy atom. The number of aromatic amines is 1. The lowest BCUT2D eigenvalue weighted by atomic mass is 10.1. The lowest BCUT2D eigenvalue weighted by Crippen LogP contribution is -2.13. The van der Waals surface area contributed by atoms with E-state index in [0.717, 1.165) is 18.2 Å². The van der Waals surface area contributed by atoms with Crippen LogP contribution in [0.2, 0.25) is 0 Å². The van der Waals surface area contributed by atoms with Crippen molar-refractivity contribution >= 4 is 17.5 Å². The van der Waals surface area contributed by atoms with Gasteiger partial charge in [-0.15, -0.1) is 0 Å². The smallest absolute Gasteiger partial charge is 0.416 e. The zero-order chi connectivity index (χ0) is 16.5. The summed E-state index contributed by atoms with van der Waals surface area (Å²) < 4.78 is 38.0. The number of H-pyrrole nitrogens is 1. The van der Waals surface area contributed by atoms with Gasteiger partial charge >= 0.3 is 12.1 Å². The average molecular weight is 314 g/mol. The maximum Gasteiger partial charge on any atom is 0.416 e. The van der Waals surface area contributed by atoms with Crippen molar-refractivity contribution < 1.29 is 28.2 Å². The summed E-state index contributed by atoms with van der Waals surface area (Å²) >= 11 is 0. The number of aromatic nitrogens is 1. The molecule has 0 aliphatic rings. The fourth-order valence-electron chi connectivity index (χ4n) is 1.74. The number of nitrogens with one attached hydrogen (secondary N) is 2. The van der Waals surface area contributed by atoms with Crippen LogP contribution < -0.4 is 10.9 Å². The van der Waals surface area contributed by atoms with E-state index in [0.29, 0.717) is 12.1 Å². The highest BCUT2D eigenvalue weighted by molar-refractivity contribution is 5.93. The van der Waals surface area contributed by atoms with Crippen LogP contribution in [0.15, 0.2) is 35.1 Å². The first kappa shape index (κ1) is 15.4. The molecule has 0 fully saturated rings. The van der Waals surface area contributed by atoms with Crippen molar-refractivity contribution in [1.29, 1.82) is 0 Å². The molecule has 2 aromatic rings. The molecule has 9 heteroatoms. The molecular formula is C13H9F3N2O4. The Morgan fingerprint density at radius 2 is 1.86 bits per heavy atom. The van der Waals surface area contributed by atoms with Crippen LogP contribution in [0.4, 0.5) is 24.7 Å². The molecule has 2 rings (SSSR count). The normalized spacial score (nSPS) is 11.2. The van der Waals surface area contributed by atoms with Crippen LogP contribution in [0.25, 0.3) is 0 Å². The topological polar surface area (TPSA) is 102 Å². The van der Waals surface area contributed by atoms with E-state index in [1.54, 1.807) is 0 Å². The number of carboxylic acid groups (broad SMARTS) is 1. The number of aromatic hydroxyl groups is 1. The largest absolute Gasteiger partial charge is 0.508 e. The third kappa shape index (κ3) is 3.37. The lowest BCUT2D eigenvalue weighted by molar-refractivity contribution is -0.137. The highest BCUT2D eigenvalue weighted by Crippen LogP contribution is 2.34. The number of phenolic OH excluding ortho intramolecular Hbond substituents is 1. The van der Waals surface area contributed by atoms with E-state index in [1.807, 2.05) is 0 Å². The molecular weight excluding hydrogens is 305 g/mol. The summed E-state index contributed by atoms with van der Waals surface area (Å²) in [5.74, 6) is -2.33. The summed E-state index contributed by atoms with van der Waals surface area (Å²) in [6.07, 6.45) is -4.69. The molecule has 0 bridgehead atoms.